The van der Waals surface area contributed by atoms with Gasteiger partial charge in [-0.3, -0.25) is 0 Å². The zero-order chi connectivity index (χ0) is 12.5. The van der Waals surface area contributed by atoms with Crippen LogP contribution in [0, 0.1) is 6.92 Å². The molecule has 0 saturated carbocycles. The Kier molecular flexibility index (Phi) is 2.87. The van der Waals surface area contributed by atoms with Crippen molar-refractivity contribution in [1.29, 1.82) is 0 Å². The van der Waals surface area contributed by atoms with Gasteiger partial charge in [0.15, 0.2) is 0 Å². The third kappa shape index (κ3) is 2.15. The summed E-state index contributed by atoms with van der Waals surface area (Å²) >= 11 is 5.96. The van der Waals surface area contributed by atoms with Crippen LogP contribution in [0.2, 0.25) is 5.28 Å². The van der Waals surface area contributed by atoms with Crippen molar-refractivity contribution in [3.8, 4) is 5.95 Å². The van der Waals surface area contributed by atoms with E-state index >= 15 is 0 Å². The Morgan fingerprint density at radius 2 is 1.83 bits per heavy atom. The van der Waals surface area contributed by atoms with E-state index in [9.17, 15) is 0 Å². The van der Waals surface area contributed by atoms with Crippen LogP contribution in [-0.4, -0.2) is 37.8 Å². The number of halogens is 1. The molecule has 0 amide bonds. The Labute approximate surface area is 110 Å². The monoisotopic (exact) mass is 264 g/mol. The molecule has 0 spiro atoms. The van der Waals surface area contributed by atoms with Gasteiger partial charge in [0.25, 0.3) is 5.95 Å². The van der Waals surface area contributed by atoms with Crippen LogP contribution in [0.1, 0.15) is 18.5 Å². The molecular weight excluding hydrogens is 252 g/mol. The fourth-order valence-electron chi connectivity index (χ4n) is 2.02. The Hall–Kier alpha value is -1.69. The van der Waals surface area contributed by atoms with E-state index in [1.165, 1.54) is 12.8 Å². The fourth-order valence-corrected chi connectivity index (χ4v) is 2.17. The van der Waals surface area contributed by atoms with E-state index in [1.807, 2.05) is 19.2 Å². The van der Waals surface area contributed by atoms with Crippen molar-refractivity contribution in [3.05, 3.63) is 23.2 Å². The number of aromatic nitrogens is 5. The molecule has 0 atom stereocenters. The third-order valence-corrected chi connectivity index (χ3v) is 3.07. The van der Waals surface area contributed by atoms with E-state index in [0.717, 1.165) is 18.8 Å². The molecule has 1 saturated heterocycles. The van der Waals surface area contributed by atoms with Gasteiger partial charge in [-0.1, -0.05) is 0 Å². The highest BCUT2D eigenvalue weighted by atomic mass is 35.5. The van der Waals surface area contributed by atoms with E-state index in [0.29, 0.717) is 11.9 Å². The molecule has 2 aromatic rings. The van der Waals surface area contributed by atoms with E-state index in [1.54, 1.807) is 4.68 Å². The summed E-state index contributed by atoms with van der Waals surface area (Å²) in [6, 6.07) is 1.90. The summed E-state index contributed by atoms with van der Waals surface area (Å²) in [7, 11) is 0. The van der Waals surface area contributed by atoms with Gasteiger partial charge >= 0.3 is 0 Å². The molecule has 3 heterocycles. The number of hydrogen-bond acceptors (Lipinski definition) is 5. The summed E-state index contributed by atoms with van der Waals surface area (Å²) in [4.78, 5) is 14.8. The molecule has 1 aliphatic heterocycles. The second-order valence-corrected chi connectivity index (χ2v) is 4.64. The Bertz CT molecular complexity index is 560. The first-order chi connectivity index (χ1) is 8.72. The molecule has 6 nitrogen and oxygen atoms in total. The molecule has 1 aliphatic rings. The second kappa shape index (κ2) is 4.53. The van der Waals surface area contributed by atoms with Gasteiger partial charge in [0.2, 0.25) is 11.2 Å². The van der Waals surface area contributed by atoms with Crippen molar-refractivity contribution in [1.82, 2.24) is 24.7 Å². The van der Waals surface area contributed by atoms with E-state index in [-0.39, 0.29) is 5.28 Å². The highest BCUT2D eigenvalue weighted by molar-refractivity contribution is 6.28. The van der Waals surface area contributed by atoms with Gasteiger partial charge in [-0.05, 0) is 37.4 Å². The van der Waals surface area contributed by atoms with Crippen LogP contribution in [0.25, 0.3) is 5.95 Å². The predicted molar refractivity (Wildman–Crippen MR) is 68.1 cm³/mol. The van der Waals surface area contributed by atoms with Gasteiger partial charge in [0, 0.05) is 19.3 Å². The number of aryl methyl sites for hydroxylation is 1. The maximum absolute atomic E-state index is 5.96. The molecule has 94 valence electrons. The van der Waals surface area contributed by atoms with Crippen molar-refractivity contribution in [3.63, 3.8) is 0 Å². The maximum atomic E-state index is 5.96. The first-order valence-electron chi connectivity index (χ1n) is 5.91. The number of hydrogen-bond donors (Lipinski definition) is 0. The Balaban J connectivity index is 1.99. The molecule has 7 heteroatoms. The lowest BCUT2D eigenvalue weighted by Crippen LogP contribution is -2.21. The van der Waals surface area contributed by atoms with Crippen molar-refractivity contribution >= 4 is 17.5 Å². The summed E-state index contributed by atoms with van der Waals surface area (Å²) in [5, 5.41) is 4.48. The predicted octanol–water partition coefficient (Wildman–Crippen LogP) is 1.62. The first-order valence-corrected chi connectivity index (χ1v) is 6.29. The minimum Gasteiger partial charge on any atom is -0.341 e. The van der Waals surface area contributed by atoms with Gasteiger partial charge in [0.1, 0.15) is 0 Å². The minimum atomic E-state index is 0.204. The topological polar surface area (TPSA) is 59.7 Å². The van der Waals surface area contributed by atoms with Gasteiger partial charge in [-0.2, -0.15) is 20.1 Å². The molecular formula is C11H13ClN6. The van der Waals surface area contributed by atoms with Crippen molar-refractivity contribution in [2.75, 3.05) is 18.0 Å². The maximum Gasteiger partial charge on any atom is 0.256 e. The highest BCUT2D eigenvalue weighted by Gasteiger charge is 2.17. The number of rotatable bonds is 2. The standard InChI is InChI=1S/C11H13ClN6/c1-8-4-7-18(16-8)11-14-9(12)13-10(15-11)17-5-2-3-6-17/h4,7H,2-3,5-6H2,1H3. The van der Waals surface area contributed by atoms with Crippen LogP contribution >= 0.6 is 11.6 Å². The summed E-state index contributed by atoms with van der Waals surface area (Å²) in [6.07, 6.45) is 4.15. The molecule has 0 radical (unpaired) electrons. The van der Waals surface area contributed by atoms with Gasteiger partial charge in [-0.25, -0.2) is 4.68 Å². The van der Waals surface area contributed by atoms with Crippen molar-refractivity contribution < 1.29 is 0 Å². The lowest BCUT2D eigenvalue weighted by molar-refractivity contribution is 0.770. The zero-order valence-electron chi connectivity index (χ0n) is 10.0. The number of anilines is 1. The smallest absolute Gasteiger partial charge is 0.256 e. The van der Waals surface area contributed by atoms with Crippen molar-refractivity contribution in [2.45, 2.75) is 19.8 Å². The molecule has 0 aromatic carbocycles. The van der Waals surface area contributed by atoms with Crippen LogP contribution in [0.5, 0.6) is 0 Å². The highest BCUT2D eigenvalue weighted by Crippen LogP contribution is 2.18. The van der Waals surface area contributed by atoms with E-state index < -0.39 is 0 Å². The van der Waals surface area contributed by atoms with Crippen LogP contribution in [0.15, 0.2) is 12.3 Å². The van der Waals surface area contributed by atoms with E-state index in [2.05, 4.69) is 25.0 Å². The molecule has 0 aliphatic carbocycles. The normalized spacial score (nSPS) is 15.3. The molecule has 1 fully saturated rings. The van der Waals surface area contributed by atoms with Crippen LogP contribution in [-0.2, 0) is 0 Å². The lowest BCUT2D eigenvalue weighted by atomic mass is 10.4. The zero-order valence-corrected chi connectivity index (χ0v) is 10.8. The molecule has 0 N–H and O–H groups in total. The third-order valence-electron chi connectivity index (χ3n) is 2.90. The van der Waals surface area contributed by atoms with Crippen LogP contribution in [0.3, 0.4) is 0 Å². The summed E-state index contributed by atoms with van der Waals surface area (Å²) < 4.78 is 1.61. The molecule has 0 unspecified atom stereocenters. The Morgan fingerprint density at radius 1 is 1.11 bits per heavy atom. The molecule has 0 bridgehead atoms. The average molecular weight is 265 g/mol. The average Bonchev–Trinajstić information content (AvgIpc) is 2.98. The van der Waals surface area contributed by atoms with Crippen molar-refractivity contribution in [2.24, 2.45) is 0 Å². The summed E-state index contributed by atoms with van der Waals surface area (Å²) in [5.74, 6) is 1.10. The second-order valence-electron chi connectivity index (χ2n) is 4.30. The molecule has 18 heavy (non-hydrogen) atoms. The fraction of sp³-hybridized carbons (Fsp3) is 0.455. The SMILES string of the molecule is Cc1ccn(-c2nc(Cl)nc(N3CCCC3)n2)n1. The summed E-state index contributed by atoms with van der Waals surface area (Å²) in [5.41, 5.74) is 0.911. The lowest BCUT2D eigenvalue weighted by Gasteiger charge is -2.15. The van der Waals surface area contributed by atoms with Crippen LogP contribution < -0.4 is 4.90 Å². The molecule has 3 rings (SSSR count). The minimum absolute atomic E-state index is 0.204. The van der Waals surface area contributed by atoms with E-state index in [4.69, 9.17) is 11.6 Å². The Morgan fingerprint density at radius 3 is 2.50 bits per heavy atom. The first kappa shape index (κ1) is 11.4. The number of nitrogens with zero attached hydrogens (tertiary/aromatic N) is 6. The quantitative estimate of drug-likeness (QED) is 0.825. The molecule has 2 aromatic heterocycles. The van der Waals surface area contributed by atoms with Crippen LogP contribution in [0.4, 0.5) is 5.95 Å². The largest absolute Gasteiger partial charge is 0.341 e. The van der Waals surface area contributed by atoms with Gasteiger partial charge in [-0.15, -0.1) is 0 Å². The van der Waals surface area contributed by atoms with Gasteiger partial charge in [0.05, 0.1) is 5.69 Å². The summed E-state index contributed by atoms with van der Waals surface area (Å²) in [6.45, 7) is 3.86. The van der Waals surface area contributed by atoms with Gasteiger partial charge < -0.3 is 4.90 Å².